The van der Waals surface area contributed by atoms with Crippen molar-refractivity contribution in [2.45, 2.75) is 44.2 Å². The number of fused-ring (bicyclic) bond motifs is 3. The summed E-state index contributed by atoms with van der Waals surface area (Å²) in [7, 11) is 0. The molecule has 1 amide bonds. The molecule has 1 saturated carbocycles. The highest BCUT2D eigenvalue weighted by Crippen LogP contribution is 2.48. The minimum atomic E-state index is 0.0371. The van der Waals surface area contributed by atoms with Crippen molar-refractivity contribution in [2.75, 3.05) is 18.5 Å². The Morgan fingerprint density at radius 1 is 1.30 bits per heavy atom. The molecular formula is C18H23BrN2O2. The van der Waals surface area contributed by atoms with Crippen molar-refractivity contribution in [3.8, 4) is 0 Å². The lowest BCUT2D eigenvalue weighted by molar-refractivity contribution is -0.136. The Hall–Kier alpha value is -1.07. The second kappa shape index (κ2) is 6.10. The lowest BCUT2D eigenvalue weighted by atomic mass is 9.83. The predicted molar refractivity (Wildman–Crippen MR) is 93.2 cm³/mol. The molecule has 0 spiro atoms. The van der Waals surface area contributed by atoms with Gasteiger partial charge in [0.1, 0.15) is 0 Å². The third-order valence-corrected chi connectivity index (χ3v) is 6.31. The van der Waals surface area contributed by atoms with E-state index >= 15 is 0 Å². The molecule has 2 aliphatic heterocycles. The fourth-order valence-corrected chi connectivity index (χ4v) is 5.07. The number of carbonyl (C=O) groups is 1. The number of aliphatic hydroxyl groups excluding tert-OH is 1. The Kier molecular flexibility index (Phi) is 4.10. The maximum Gasteiger partial charge on any atom is 0.226 e. The highest BCUT2D eigenvalue weighted by Gasteiger charge is 2.46. The summed E-state index contributed by atoms with van der Waals surface area (Å²) in [5.41, 5.74) is 2.25. The van der Waals surface area contributed by atoms with Crippen molar-refractivity contribution >= 4 is 27.5 Å². The van der Waals surface area contributed by atoms with Crippen molar-refractivity contribution in [3.05, 3.63) is 28.2 Å². The zero-order chi connectivity index (χ0) is 16.0. The van der Waals surface area contributed by atoms with Crippen LogP contribution in [-0.2, 0) is 4.79 Å². The van der Waals surface area contributed by atoms with Crippen molar-refractivity contribution in [1.29, 1.82) is 0 Å². The number of likely N-dealkylation sites (tertiary alicyclic amines) is 1. The Bertz CT molecular complexity index is 615. The smallest absolute Gasteiger partial charge is 0.226 e. The predicted octanol–water partition coefficient (Wildman–Crippen LogP) is 3.32. The number of rotatable bonds is 2. The second-order valence-corrected chi connectivity index (χ2v) is 7.99. The number of amides is 1. The van der Waals surface area contributed by atoms with Crippen molar-refractivity contribution in [2.24, 2.45) is 11.8 Å². The molecule has 0 aromatic heterocycles. The molecular weight excluding hydrogens is 356 g/mol. The van der Waals surface area contributed by atoms with Gasteiger partial charge < -0.3 is 15.3 Å². The van der Waals surface area contributed by atoms with Gasteiger partial charge in [-0.15, -0.1) is 0 Å². The zero-order valence-electron chi connectivity index (χ0n) is 13.2. The minimum absolute atomic E-state index is 0.0371. The van der Waals surface area contributed by atoms with Crippen LogP contribution in [0.3, 0.4) is 0 Å². The Labute approximate surface area is 145 Å². The summed E-state index contributed by atoms with van der Waals surface area (Å²) in [6, 6.07) is 6.34. The molecule has 1 aromatic carbocycles. The van der Waals surface area contributed by atoms with Crippen LogP contribution in [0.4, 0.5) is 5.69 Å². The lowest BCUT2D eigenvalue weighted by Crippen LogP contribution is -2.44. The number of carbonyl (C=O) groups excluding carboxylic acids is 1. The van der Waals surface area contributed by atoms with Crippen LogP contribution in [0.2, 0.25) is 0 Å². The third-order valence-electron chi connectivity index (χ3n) is 5.82. The molecule has 0 unspecified atom stereocenters. The van der Waals surface area contributed by atoms with Crippen molar-refractivity contribution in [1.82, 2.24) is 4.90 Å². The molecule has 2 fully saturated rings. The first kappa shape index (κ1) is 15.5. The van der Waals surface area contributed by atoms with E-state index in [0.29, 0.717) is 11.8 Å². The van der Waals surface area contributed by atoms with E-state index in [1.807, 2.05) is 6.07 Å². The van der Waals surface area contributed by atoms with E-state index in [1.165, 1.54) is 18.4 Å². The van der Waals surface area contributed by atoms with Crippen LogP contribution in [0.1, 0.15) is 43.7 Å². The molecule has 1 aromatic rings. The lowest BCUT2D eigenvalue weighted by Gasteiger charge is -2.39. The maximum absolute atomic E-state index is 13.0. The molecule has 4 nitrogen and oxygen atoms in total. The quantitative estimate of drug-likeness (QED) is 0.829. The first-order chi connectivity index (χ1) is 11.2. The summed E-state index contributed by atoms with van der Waals surface area (Å²) < 4.78 is 1.04. The molecule has 23 heavy (non-hydrogen) atoms. The van der Waals surface area contributed by atoms with Gasteiger partial charge in [0, 0.05) is 28.5 Å². The third kappa shape index (κ3) is 2.58. The summed E-state index contributed by atoms with van der Waals surface area (Å²) in [6.45, 7) is 0.928. The summed E-state index contributed by atoms with van der Waals surface area (Å²) in [4.78, 5) is 15.1. The summed E-state index contributed by atoms with van der Waals surface area (Å²) in [5.74, 6) is 0.846. The minimum Gasteiger partial charge on any atom is -0.394 e. The highest BCUT2D eigenvalue weighted by molar-refractivity contribution is 9.10. The van der Waals surface area contributed by atoms with E-state index in [4.69, 9.17) is 0 Å². The number of halogens is 1. The fourth-order valence-electron chi connectivity index (χ4n) is 4.69. The number of hydrogen-bond acceptors (Lipinski definition) is 3. The molecule has 3 atom stereocenters. The molecule has 0 bridgehead atoms. The zero-order valence-corrected chi connectivity index (χ0v) is 14.8. The van der Waals surface area contributed by atoms with Gasteiger partial charge in [-0.25, -0.2) is 0 Å². The molecule has 3 aliphatic rings. The van der Waals surface area contributed by atoms with Crippen LogP contribution in [0.25, 0.3) is 0 Å². The number of nitrogens with one attached hydrogen (secondary N) is 1. The number of nitrogens with zero attached hydrogens (tertiary/aromatic N) is 1. The van der Waals surface area contributed by atoms with Gasteiger partial charge in [0.25, 0.3) is 0 Å². The summed E-state index contributed by atoms with van der Waals surface area (Å²) in [6.07, 6.45) is 5.41. The second-order valence-electron chi connectivity index (χ2n) is 7.08. The van der Waals surface area contributed by atoms with Crippen LogP contribution in [-0.4, -0.2) is 35.1 Å². The fraction of sp³-hybridized carbons (Fsp3) is 0.611. The average Bonchev–Trinajstić information content (AvgIpc) is 3.23. The molecule has 4 rings (SSSR count). The monoisotopic (exact) mass is 378 g/mol. The maximum atomic E-state index is 13.0. The Morgan fingerprint density at radius 3 is 2.83 bits per heavy atom. The van der Waals surface area contributed by atoms with Gasteiger partial charge in [-0.3, -0.25) is 4.79 Å². The Morgan fingerprint density at radius 2 is 2.09 bits per heavy atom. The number of anilines is 1. The van der Waals surface area contributed by atoms with Crippen LogP contribution in [0.15, 0.2) is 22.7 Å². The SMILES string of the molecule is O=C(C1CCCC1)N1CC[C@@H]2[C@@H](CO)Nc3ccc(Br)cc3[C@@H]21. The first-order valence-electron chi connectivity index (χ1n) is 8.66. The highest BCUT2D eigenvalue weighted by atomic mass is 79.9. The summed E-state index contributed by atoms with van der Waals surface area (Å²) >= 11 is 3.56. The van der Waals surface area contributed by atoms with Crippen LogP contribution >= 0.6 is 15.9 Å². The normalized spacial score (nSPS) is 30.0. The molecule has 1 aliphatic carbocycles. The van der Waals surface area contributed by atoms with Crippen molar-refractivity contribution in [3.63, 3.8) is 0 Å². The Balaban J connectivity index is 1.70. The van der Waals surface area contributed by atoms with Gasteiger partial charge in [0.2, 0.25) is 5.91 Å². The van der Waals surface area contributed by atoms with Gasteiger partial charge in [0.05, 0.1) is 18.7 Å². The summed E-state index contributed by atoms with van der Waals surface area (Å²) in [5, 5.41) is 13.2. The van der Waals surface area contributed by atoms with Crippen LogP contribution in [0.5, 0.6) is 0 Å². The van der Waals surface area contributed by atoms with Crippen molar-refractivity contribution < 1.29 is 9.90 Å². The average molecular weight is 379 g/mol. The molecule has 2 N–H and O–H groups in total. The van der Waals surface area contributed by atoms with Gasteiger partial charge in [-0.05, 0) is 43.0 Å². The molecule has 1 saturated heterocycles. The number of aliphatic hydroxyl groups is 1. The standard InChI is InChI=1S/C18H23BrN2O2/c19-12-5-6-15-14(9-12)17-13(16(10-22)20-15)7-8-21(17)18(23)11-3-1-2-4-11/h5-6,9,11,13,16-17,20,22H,1-4,7-8,10H2/t13-,16-,17-/m1/s1. The van der Waals surface area contributed by atoms with Gasteiger partial charge in [-0.2, -0.15) is 0 Å². The molecule has 124 valence electrons. The van der Waals surface area contributed by atoms with E-state index in [1.54, 1.807) is 0 Å². The van der Waals surface area contributed by atoms with E-state index in [0.717, 1.165) is 36.0 Å². The number of benzene rings is 1. The van der Waals surface area contributed by atoms with Crippen LogP contribution in [0, 0.1) is 11.8 Å². The van der Waals surface area contributed by atoms with E-state index in [9.17, 15) is 9.90 Å². The molecule has 0 radical (unpaired) electrons. The van der Waals surface area contributed by atoms with E-state index in [-0.39, 0.29) is 24.6 Å². The number of hydrogen-bond donors (Lipinski definition) is 2. The largest absolute Gasteiger partial charge is 0.394 e. The van der Waals surface area contributed by atoms with Gasteiger partial charge in [0.15, 0.2) is 0 Å². The topological polar surface area (TPSA) is 52.6 Å². The molecule has 5 heteroatoms. The molecule has 2 heterocycles. The van der Waals surface area contributed by atoms with E-state index < -0.39 is 0 Å². The first-order valence-corrected chi connectivity index (χ1v) is 9.45. The van der Waals surface area contributed by atoms with E-state index in [2.05, 4.69) is 38.3 Å². The van der Waals surface area contributed by atoms with Gasteiger partial charge in [-0.1, -0.05) is 28.8 Å². The van der Waals surface area contributed by atoms with Crippen LogP contribution < -0.4 is 5.32 Å². The van der Waals surface area contributed by atoms with Gasteiger partial charge >= 0.3 is 0 Å².